The number of carbonyl (C=O) groups excluding carboxylic acids is 1. The average molecular weight is 502 g/mol. The normalized spacial score (nSPS) is 12.8. The molecular formula is C25H25F3N4O4. The Balaban J connectivity index is 1.82. The van der Waals surface area contributed by atoms with Gasteiger partial charge in [0.2, 0.25) is 0 Å². The molecular weight excluding hydrogens is 477 g/mol. The molecule has 0 saturated heterocycles. The zero-order valence-corrected chi connectivity index (χ0v) is 19.5. The van der Waals surface area contributed by atoms with E-state index in [1.54, 1.807) is 19.1 Å². The van der Waals surface area contributed by atoms with Crippen molar-refractivity contribution in [1.29, 1.82) is 0 Å². The summed E-state index contributed by atoms with van der Waals surface area (Å²) < 4.78 is 47.4. The largest absolute Gasteiger partial charge is 0.478 e. The summed E-state index contributed by atoms with van der Waals surface area (Å²) in [5.41, 5.74) is 5.53. The highest BCUT2D eigenvalue weighted by atomic mass is 19.4. The van der Waals surface area contributed by atoms with Gasteiger partial charge in [-0.05, 0) is 55.3 Å². The molecule has 0 aliphatic carbocycles. The van der Waals surface area contributed by atoms with Gasteiger partial charge in [0.1, 0.15) is 5.56 Å². The Hall–Kier alpha value is -4.28. The van der Waals surface area contributed by atoms with Gasteiger partial charge in [-0.15, -0.1) is 0 Å². The molecule has 0 fully saturated rings. The molecule has 0 aliphatic heterocycles. The molecule has 4 N–H and O–H groups in total. The van der Waals surface area contributed by atoms with Gasteiger partial charge in [0.15, 0.2) is 5.69 Å². The second kappa shape index (κ2) is 11.0. The first-order valence-corrected chi connectivity index (χ1v) is 11.0. The van der Waals surface area contributed by atoms with E-state index >= 15 is 0 Å². The molecule has 0 bridgehead atoms. The number of alkyl halides is 3. The van der Waals surface area contributed by atoms with Crippen LogP contribution >= 0.6 is 0 Å². The highest BCUT2D eigenvalue weighted by Crippen LogP contribution is 2.34. The van der Waals surface area contributed by atoms with Crippen LogP contribution < -0.4 is 11.1 Å². The number of benzene rings is 2. The van der Waals surface area contributed by atoms with Crippen LogP contribution in [0, 0.1) is 0 Å². The summed E-state index contributed by atoms with van der Waals surface area (Å²) in [5, 5.41) is 15.8. The third-order valence-corrected chi connectivity index (χ3v) is 5.21. The third kappa shape index (κ3) is 6.23. The van der Waals surface area contributed by atoms with Crippen LogP contribution in [0.1, 0.15) is 58.7 Å². The lowest BCUT2D eigenvalue weighted by molar-refractivity contribution is -0.143. The maximum Gasteiger partial charge on any atom is 0.434 e. The van der Waals surface area contributed by atoms with Crippen LogP contribution in [0.2, 0.25) is 0 Å². The molecule has 11 heteroatoms. The van der Waals surface area contributed by atoms with E-state index in [4.69, 9.17) is 15.6 Å². The first kappa shape index (κ1) is 26.3. The first-order valence-electron chi connectivity index (χ1n) is 11.0. The quantitative estimate of drug-likeness (QED) is 0.340. The summed E-state index contributed by atoms with van der Waals surface area (Å²) in [6.07, 6.45) is -1.84. The van der Waals surface area contributed by atoms with E-state index in [1.165, 1.54) is 42.6 Å². The second-order valence-corrected chi connectivity index (χ2v) is 8.00. The zero-order chi connectivity index (χ0) is 26.5. The van der Waals surface area contributed by atoms with Gasteiger partial charge in [-0.3, -0.25) is 0 Å². The van der Waals surface area contributed by atoms with Gasteiger partial charge in [0, 0.05) is 11.9 Å². The Bertz CT molecular complexity index is 1270. The number of carbonyl (C=O) groups is 2. The highest BCUT2D eigenvalue weighted by Gasteiger charge is 2.41. The van der Waals surface area contributed by atoms with Crippen molar-refractivity contribution in [1.82, 2.24) is 9.78 Å². The molecule has 3 aromatic rings. The van der Waals surface area contributed by atoms with E-state index in [0.29, 0.717) is 22.4 Å². The van der Waals surface area contributed by atoms with Gasteiger partial charge in [0.25, 0.3) is 0 Å². The topological polar surface area (TPSA) is 119 Å². The second-order valence-electron chi connectivity index (χ2n) is 8.00. The van der Waals surface area contributed by atoms with E-state index in [1.807, 2.05) is 6.92 Å². The molecule has 0 aliphatic rings. The number of anilines is 1. The molecule has 2 aromatic carbocycles. The number of ether oxygens (including phenoxy) is 1. The Morgan fingerprint density at radius 1 is 1.19 bits per heavy atom. The molecule has 8 nitrogen and oxygen atoms in total. The van der Waals surface area contributed by atoms with Crippen molar-refractivity contribution < 1.29 is 32.6 Å². The molecule has 3 rings (SSSR count). The lowest BCUT2D eigenvalue weighted by atomic mass is 10.1. The number of nitrogens with zero attached hydrogens (tertiary/aromatic N) is 2. The molecule has 190 valence electrons. The standard InChI is InChI=1S/C25H25F3N4O4/c1-3-5-15(2)36-24(35)20-13-31-32(22(20)25(26,27)28)19-10-8-18(9-11-19)30-14-21(29)16-6-4-7-17(12-16)23(33)34/h4,6-15,30H,3,5,29H2,1-2H3,(H,33,34)/b21-14-. The number of nitrogens with one attached hydrogen (secondary N) is 1. The fraction of sp³-hybridized carbons (Fsp3) is 0.240. The van der Waals surface area contributed by atoms with Crippen molar-refractivity contribution in [3.8, 4) is 5.69 Å². The van der Waals surface area contributed by atoms with Gasteiger partial charge in [-0.25, -0.2) is 14.3 Å². The number of carboxylic acids is 1. The maximum atomic E-state index is 13.9. The number of hydrogen-bond acceptors (Lipinski definition) is 6. The summed E-state index contributed by atoms with van der Waals surface area (Å²) >= 11 is 0. The molecule has 0 amide bonds. The van der Waals surface area contributed by atoms with Gasteiger partial charge in [0.05, 0.1) is 29.2 Å². The van der Waals surface area contributed by atoms with E-state index in [0.717, 1.165) is 12.6 Å². The smallest absolute Gasteiger partial charge is 0.434 e. The fourth-order valence-corrected chi connectivity index (χ4v) is 3.45. The number of nitrogens with two attached hydrogens (primary N) is 1. The first-order chi connectivity index (χ1) is 17.0. The Morgan fingerprint density at radius 2 is 1.86 bits per heavy atom. The van der Waals surface area contributed by atoms with Crippen LogP contribution in [-0.4, -0.2) is 32.9 Å². The van der Waals surface area contributed by atoms with E-state index in [2.05, 4.69) is 10.4 Å². The highest BCUT2D eigenvalue weighted by molar-refractivity contribution is 5.91. The van der Waals surface area contributed by atoms with Crippen molar-refractivity contribution in [3.05, 3.63) is 83.3 Å². The minimum Gasteiger partial charge on any atom is -0.478 e. The predicted molar refractivity (Wildman–Crippen MR) is 128 cm³/mol. The number of carboxylic acid groups (broad SMARTS) is 1. The molecule has 0 radical (unpaired) electrons. The number of aromatic carboxylic acids is 1. The SMILES string of the molecule is CCCC(C)OC(=O)c1cnn(-c2ccc(N/C=C(\N)c3cccc(C(=O)O)c3)cc2)c1C(F)(F)F. The van der Waals surface area contributed by atoms with Crippen LogP contribution in [-0.2, 0) is 10.9 Å². The van der Waals surface area contributed by atoms with Crippen molar-refractivity contribution in [3.63, 3.8) is 0 Å². The van der Waals surface area contributed by atoms with E-state index in [9.17, 15) is 22.8 Å². The monoisotopic (exact) mass is 502 g/mol. The summed E-state index contributed by atoms with van der Waals surface area (Å²) in [6.45, 7) is 3.50. The van der Waals surface area contributed by atoms with Crippen LogP contribution in [0.25, 0.3) is 11.4 Å². The lowest BCUT2D eigenvalue weighted by Crippen LogP contribution is -2.21. The molecule has 36 heavy (non-hydrogen) atoms. The molecule has 1 aromatic heterocycles. The van der Waals surface area contributed by atoms with Crippen molar-refractivity contribution in [2.75, 3.05) is 5.32 Å². The van der Waals surface area contributed by atoms with Gasteiger partial charge in [-0.2, -0.15) is 18.3 Å². The lowest BCUT2D eigenvalue weighted by Gasteiger charge is -2.15. The minimum atomic E-state index is -4.85. The third-order valence-electron chi connectivity index (χ3n) is 5.21. The van der Waals surface area contributed by atoms with Crippen LogP contribution in [0.3, 0.4) is 0 Å². The molecule has 1 unspecified atom stereocenters. The number of halogens is 3. The molecule has 1 atom stereocenters. The van der Waals surface area contributed by atoms with Crippen molar-refractivity contribution in [2.45, 2.75) is 39.0 Å². The van der Waals surface area contributed by atoms with Gasteiger partial charge in [-0.1, -0.05) is 25.5 Å². The number of rotatable bonds is 9. The molecule has 0 saturated carbocycles. The summed E-state index contributed by atoms with van der Waals surface area (Å²) in [5.74, 6) is -2.17. The van der Waals surface area contributed by atoms with E-state index < -0.39 is 35.5 Å². The Kier molecular flexibility index (Phi) is 8.03. The maximum absolute atomic E-state index is 13.9. The summed E-state index contributed by atoms with van der Waals surface area (Å²) in [7, 11) is 0. The summed E-state index contributed by atoms with van der Waals surface area (Å²) in [4.78, 5) is 23.5. The number of aromatic nitrogens is 2. The predicted octanol–water partition coefficient (Wildman–Crippen LogP) is 5.30. The Morgan fingerprint density at radius 3 is 2.47 bits per heavy atom. The zero-order valence-electron chi connectivity index (χ0n) is 19.5. The van der Waals surface area contributed by atoms with Crippen LogP contribution in [0.15, 0.2) is 60.9 Å². The van der Waals surface area contributed by atoms with Crippen molar-refractivity contribution >= 4 is 23.3 Å². The fourth-order valence-electron chi connectivity index (χ4n) is 3.45. The minimum absolute atomic E-state index is 0.0796. The number of esters is 1. The van der Waals surface area contributed by atoms with E-state index in [-0.39, 0.29) is 16.9 Å². The molecule has 1 heterocycles. The van der Waals surface area contributed by atoms with Crippen LogP contribution in [0.4, 0.5) is 18.9 Å². The molecule has 0 spiro atoms. The number of hydrogen-bond donors (Lipinski definition) is 3. The van der Waals surface area contributed by atoms with Gasteiger partial charge < -0.3 is 20.9 Å². The average Bonchev–Trinajstić information content (AvgIpc) is 3.29. The Labute approximate surface area is 205 Å². The summed E-state index contributed by atoms with van der Waals surface area (Å²) in [6, 6.07) is 11.9. The van der Waals surface area contributed by atoms with Crippen LogP contribution in [0.5, 0.6) is 0 Å². The van der Waals surface area contributed by atoms with Crippen molar-refractivity contribution in [2.24, 2.45) is 5.73 Å². The van der Waals surface area contributed by atoms with Gasteiger partial charge >= 0.3 is 18.1 Å².